The van der Waals surface area contributed by atoms with Gasteiger partial charge in [-0.15, -0.1) is 0 Å². The van der Waals surface area contributed by atoms with Crippen LogP contribution < -0.4 is 0 Å². The molecule has 2 fully saturated rings. The molecule has 0 saturated carbocycles. The molecule has 0 unspecified atom stereocenters. The largest absolute Gasteiger partial charge is 0.341 e. The highest BCUT2D eigenvalue weighted by Gasteiger charge is 2.26. The number of aryl methyl sites for hydroxylation is 1. The number of hydrogen-bond acceptors (Lipinski definition) is 4. The Morgan fingerprint density at radius 2 is 2.00 bits per heavy atom. The van der Waals surface area contributed by atoms with Crippen molar-refractivity contribution in [2.24, 2.45) is 0 Å². The van der Waals surface area contributed by atoms with Gasteiger partial charge in [-0.3, -0.25) is 9.63 Å². The molecule has 0 spiro atoms. The highest BCUT2D eigenvalue weighted by molar-refractivity contribution is 5.76. The first-order valence-electron chi connectivity index (χ1n) is 10.6. The van der Waals surface area contributed by atoms with Gasteiger partial charge in [-0.05, 0) is 57.2 Å². The standard InChI is InChI=1S/C22H35N3O2/c1-23(22(26)13-17-25-16-5-6-18-27-25)21-12-8-15-24(19-21)14-7-11-20-9-3-2-4-10-20/h2-4,9-10,21H,5-8,11-19H2,1H3/t21-/m0/s1. The van der Waals surface area contributed by atoms with Gasteiger partial charge >= 0.3 is 0 Å². The van der Waals surface area contributed by atoms with Gasteiger partial charge in [0, 0.05) is 39.1 Å². The van der Waals surface area contributed by atoms with Crippen LogP contribution in [0.4, 0.5) is 0 Å². The number of piperidine rings is 1. The van der Waals surface area contributed by atoms with Crippen molar-refractivity contribution in [3.8, 4) is 0 Å². The summed E-state index contributed by atoms with van der Waals surface area (Å²) in [5, 5.41) is 1.96. The van der Waals surface area contributed by atoms with Crippen LogP contribution in [0, 0.1) is 0 Å². The van der Waals surface area contributed by atoms with Crippen LogP contribution in [0.1, 0.15) is 44.1 Å². The second-order valence-electron chi connectivity index (χ2n) is 7.91. The van der Waals surface area contributed by atoms with Crippen molar-refractivity contribution < 1.29 is 9.63 Å². The van der Waals surface area contributed by atoms with Crippen molar-refractivity contribution >= 4 is 5.91 Å². The monoisotopic (exact) mass is 373 g/mol. The average molecular weight is 374 g/mol. The van der Waals surface area contributed by atoms with E-state index in [2.05, 4.69) is 35.2 Å². The highest BCUT2D eigenvalue weighted by atomic mass is 16.7. The molecule has 27 heavy (non-hydrogen) atoms. The molecule has 0 radical (unpaired) electrons. The first-order valence-corrected chi connectivity index (χ1v) is 10.6. The number of hydroxylamine groups is 2. The van der Waals surface area contributed by atoms with Crippen molar-refractivity contribution in [2.75, 3.05) is 46.4 Å². The molecule has 5 heteroatoms. The van der Waals surface area contributed by atoms with E-state index in [1.54, 1.807) is 0 Å². The lowest BCUT2D eigenvalue weighted by atomic mass is 10.0. The Hall–Kier alpha value is -1.43. The molecule has 1 aromatic rings. The zero-order chi connectivity index (χ0) is 18.9. The summed E-state index contributed by atoms with van der Waals surface area (Å²) in [6, 6.07) is 11.1. The van der Waals surface area contributed by atoms with Gasteiger partial charge in [0.2, 0.25) is 5.91 Å². The highest BCUT2D eigenvalue weighted by Crippen LogP contribution is 2.17. The molecule has 1 amide bonds. The van der Waals surface area contributed by atoms with Crippen LogP contribution >= 0.6 is 0 Å². The quantitative estimate of drug-likeness (QED) is 0.702. The molecular weight excluding hydrogens is 338 g/mol. The van der Waals surface area contributed by atoms with Gasteiger partial charge < -0.3 is 9.80 Å². The van der Waals surface area contributed by atoms with Gasteiger partial charge in [-0.25, -0.2) is 0 Å². The number of carbonyl (C=O) groups excluding carboxylic acids is 1. The average Bonchev–Trinajstić information content (AvgIpc) is 2.73. The van der Waals surface area contributed by atoms with Gasteiger partial charge in [0.1, 0.15) is 0 Å². The molecule has 3 rings (SSSR count). The third-order valence-electron chi connectivity index (χ3n) is 5.86. The Morgan fingerprint density at radius 1 is 1.15 bits per heavy atom. The van der Waals surface area contributed by atoms with Crippen LogP contribution in [0.5, 0.6) is 0 Å². The van der Waals surface area contributed by atoms with E-state index in [0.717, 1.165) is 58.6 Å². The van der Waals surface area contributed by atoms with Crippen LogP contribution in [-0.2, 0) is 16.1 Å². The predicted molar refractivity (Wildman–Crippen MR) is 108 cm³/mol. The molecule has 0 aromatic heterocycles. The lowest BCUT2D eigenvalue weighted by molar-refractivity contribution is -0.182. The molecule has 0 aliphatic carbocycles. The van der Waals surface area contributed by atoms with Gasteiger partial charge in [0.15, 0.2) is 0 Å². The summed E-state index contributed by atoms with van der Waals surface area (Å²) in [6.07, 6.45) is 7.48. The van der Waals surface area contributed by atoms with Gasteiger partial charge in [0.05, 0.1) is 6.61 Å². The van der Waals surface area contributed by atoms with Crippen LogP contribution in [0.15, 0.2) is 30.3 Å². The first-order chi connectivity index (χ1) is 13.2. The van der Waals surface area contributed by atoms with Crippen molar-refractivity contribution in [3.05, 3.63) is 35.9 Å². The zero-order valence-corrected chi connectivity index (χ0v) is 16.8. The van der Waals surface area contributed by atoms with Crippen LogP contribution in [-0.4, -0.2) is 73.2 Å². The second-order valence-corrected chi connectivity index (χ2v) is 7.91. The minimum absolute atomic E-state index is 0.250. The summed E-state index contributed by atoms with van der Waals surface area (Å²) in [6.45, 7) is 5.76. The number of benzene rings is 1. The van der Waals surface area contributed by atoms with Crippen LogP contribution in [0.2, 0.25) is 0 Å². The van der Waals surface area contributed by atoms with E-state index in [9.17, 15) is 4.79 Å². The van der Waals surface area contributed by atoms with Gasteiger partial charge in [-0.2, -0.15) is 5.06 Å². The number of likely N-dealkylation sites (tertiary alicyclic amines) is 1. The van der Waals surface area contributed by atoms with Crippen LogP contribution in [0.3, 0.4) is 0 Å². The Morgan fingerprint density at radius 3 is 2.78 bits per heavy atom. The van der Waals surface area contributed by atoms with E-state index in [-0.39, 0.29) is 5.91 Å². The lowest BCUT2D eigenvalue weighted by Crippen LogP contribution is -2.49. The number of hydrogen-bond donors (Lipinski definition) is 0. The number of rotatable bonds is 8. The Kier molecular flexibility index (Phi) is 8.11. The number of likely N-dealkylation sites (N-methyl/N-ethyl adjacent to an activating group) is 1. The van der Waals surface area contributed by atoms with E-state index >= 15 is 0 Å². The molecule has 5 nitrogen and oxygen atoms in total. The van der Waals surface area contributed by atoms with E-state index in [1.807, 2.05) is 17.0 Å². The Balaban J connectivity index is 1.37. The topological polar surface area (TPSA) is 36.0 Å². The maximum absolute atomic E-state index is 12.6. The SMILES string of the molecule is CN(C(=O)CCN1CCCCO1)[C@H]1CCCN(CCCc2ccccc2)C1. The van der Waals surface area contributed by atoms with E-state index < -0.39 is 0 Å². The fourth-order valence-electron chi connectivity index (χ4n) is 4.13. The van der Waals surface area contributed by atoms with E-state index in [4.69, 9.17) is 4.84 Å². The molecule has 0 N–H and O–H groups in total. The fourth-order valence-corrected chi connectivity index (χ4v) is 4.13. The smallest absolute Gasteiger partial charge is 0.223 e. The second kappa shape index (κ2) is 10.8. The molecule has 2 saturated heterocycles. The number of amides is 1. The summed E-state index contributed by atoms with van der Waals surface area (Å²) >= 11 is 0. The minimum Gasteiger partial charge on any atom is -0.341 e. The van der Waals surface area contributed by atoms with E-state index in [1.165, 1.54) is 24.8 Å². The molecule has 1 aromatic carbocycles. The van der Waals surface area contributed by atoms with Crippen molar-refractivity contribution in [1.29, 1.82) is 0 Å². The molecule has 2 heterocycles. The van der Waals surface area contributed by atoms with Crippen molar-refractivity contribution in [2.45, 2.75) is 51.0 Å². The molecule has 150 valence electrons. The molecule has 1 atom stereocenters. The van der Waals surface area contributed by atoms with Gasteiger partial charge in [0.25, 0.3) is 0 Å². The predicted octanol–water partition coefficient (Wildman–Crippen LogP) is 2.96. The molecule has 2 aliphatic heterocycles. The number of carbonyl (C=O) groups is 1. The maximum atomic E-state index is 12.6. The van der Waals surface area contributed by atoms with E-state index in [0.29, 0.717) is 12.5 Å². The molecule has 0 bridgehead atoms. The normalized spacial score (nSPS) is 21.9. The molecule has 2 aliphatic rings. The van der Waals surface area contributed by atoms with Crippen molar-refractivity contribution in [1.82, 2.24) is 14.9 Å². The number of nitrogens with zero attached hydrogens (tertiary/aromatic N) is 3. The maximum Gasteiger partial charge on any atom is 0.223 e. The summed E-state index contributed by atoms with van der Waals surface area (Å²) in [7, 11) is 1.98. The third-order valence-corrected chi connectivity index (χ3v) is 5.86. The zero-order valence-electron chi connectivity index (χ0n) is 16.8. The first kappa shape index (κ1) is 20.3. The lowest BCUT2D eigenvalue weighted by Gasteiger charge is -2.38. The fraction of sp³-hybridized carbons (Fsp3) is 0.682. The minimum atomic E-state index is 0.250. The Bertz CT molecular complexity index is 560. The Labute approximate surface area is 164 Å². The summed E-state index contributed by atoms with van der Waals surface area (Å²) in [4.78, 5) is 22.8. The third kappa shape index (κ3) is 6.59. The van der Waals surface area contributed by atoms with Crippen LogP contribution in [0.25, 0.3) is 0 Å². The summed E-state index contributed by atoms with van der Waals surface area (Å²) < 4.78 is 0. The van der Waals surface area contributed by atoms with Gasteiger partial charge in [-0.1, -0.05) is 30.3 Å². The van der Waals surface area contributed by atoms with Crippen molar-refractivity contribution in [3.63, 3.8) is 0 Å². The summed E-state index contributed by atoms with van der Waals surface area (Å²) in [5.41, 5.74) is 1.42. The molecular formula is C22H35N3O2. The summed E-state index contributed by atoms with van der Waals surface area (Å²) in [5.74, 6) is 0.250.